The van der Waals surface area contributed by atoms with E-state index in [4.69, 9.17) is 9.78 Å². The van der Waals surface area contributed by atoms with Crippen LogP contribution in [-0.2, 0) is 31.8 Å². The van der Waals surface area contributed by atoms with Crippen LogP contribution >= 0.6 is 0 Å². The van der Waals surface area contributed by atoms with E-state index in [9.17, 15) is 0 Å². The van der Waals surface area contributed by atoms with E-state index < -0.39 is 11.2 Å². The molecule has 0 aromatic heterocycles. The first-order valence-electron chi connectivity index (χ1n) is 14.4. The van der Waals surface area contributed by atoms with Gasteiger partial charge in [0.2, 0.25) is 0 Å². The quantitative estimate of drug-likeness (QED) is 0.157. The van der Waals surface area contributed by atoms with Gasteiger partial charge in [-0.05, 0) is 74.9 Å². The Morgan fingerprint density at radius 3 is 1.05 bits per heavy atom. The molecule has 4 rings (SSSR count). The van der Waals surface area contributed by atoms with E-state index in [0.717, 1.165) is 11.1 Å². The van der Waals surface area contributed by atoms with Crippen molar-refractivity contribution in [2.75, 3.05) is 0 Å². The van der Waals surface area contributed by atoms with E-state index in [2.05, 4.69) is 166 Å². The second-order valence-corrected chi connectivity index (χ2v) is 13.3. The van der Waals surface area contributed by atoms with E-state index in [0.29, 0.717) is 0 Å². The van der Waals surface area contributed by atoms with Gasteiger partial charge in [-0.2, -0.15) is 0 Å². The van der Waals surface area contributed by atoms with Gasteiger partial charge in [-0.15, -0.1) is 0 Å². The Morgan fingerprint density at radius 2 is 0.725 bits per heavy atom. The van der Waals surface area contributed by atoms with Gasteiger partial charge in [-0.1, -0.05) is 136 Å². The molecule has 0 aliphatic rings. The Labute approximate surface area is 242 Å². The van der Waals surface area contributed by atoms with Crippen molar-refractivity contribution in [2.24, 2.45) is 0 Å². The molecule has 0 radical (unpaired) electrons. The van der Waals surface area contributed by atoms with Gasteiger partial charge in [0.15, 0.2) is 0 Å². The summed E-state index contributed by atoms with van der Waals surface area (Å²) >= 11 is 0. The Hall–Kier alpha value is -3.20. The molecule has 0 N–H and O–H groups in total. The van der Waals surface area contributed by atoms with Crippen molar-refractivity contribution < 1.29 is 9.78 Å². The minimum absolute atomic E-state index is 0.206. The van der Waals surface area contributed by atoms with Crippen LogP contribution in [-0.4, -0.2) is 0 Å². The molecule has 0 amide bonds. The van der Waals surface area contributed by atoms with Crippen LogP contribution < -0.4 is 0 Å². The second-order valence-electron chi connectivity index (χ2n) is 13.3. The molecular formula is C38H46O2. The molecule has 0 heterocycles. The van der Waals surface area contributed by atoms with Gasteiger partial charge < -0.3 is 0 Å². The fourth-order valence-corrected chi connectivity index (χ4v) is 5.72. The van der Waals surface area contributed by atoms with Crippen LogP contribution in [0.15, 0.2) is 97.1 Å². The van der Waals surface area contributed by atoms with Crippen LogP contribution in [0.3, 0.4) is 0 Å². The first-order chi connectivity index (χ1) is 18.7. The van der Waals surface area contributed by atoms with Gasteiger partial charge in [-0.3, -0.25) is 0 Å². The second kappa shape index (κ2) is 11.0. The third-order valence-corrected chi connectivity index (χ3v) is 8.44. The fourth-order valence-electron chi connectivity index (χ4n) is 5.72. The SMILES string of the molecule is Cc1ccc(C(C)(C)OOC(C)(C)c2ccc(C)cc2C(C)(C)c2ccccc2)c(C(C)(C)c2ccccc2)c1. The molecule has 0 saturated carbocycles. The lowest BCUT2D eigenvalue weighted by molar-refractivity contribution is -0.410. The average molecular weight is 535 g/mol. The molecule has 40 heavy (non-hydrogen) atoms. The highest BCUT2D eigenvalue weighted by Gasteiger charge is 2.38. The minimum atomic E-state index is -0.688. The number of hydrogen-bond donors (Lipinski definition) is 0. The van der Waals surface area contributed by atoms with Crippen molar-refractivity contribution in [2.45, 2.75) is 91.3 Å². The third kappa shape index (κ3) is 5.94. The van der Waals surface area contributed by atoms with E-state index in [1.165, 1.54) is 33.4 Å². The standard InChI is InChI=1S/C38H46O2/c1-27-21-23-31(33(25-27)35(3,4)29-17-13-11-14-18-29)37(7,8)39-40-38(9,10)32-24-22-28(2)26-34(32)36(5,6)30-19-15-12-16-20-30/h11-26H,1-10H3. The van der Waals surface area contributed by atoms with Gasteiger partial charge >= 0.3 is 0 Å². The van der Waals surface area contributed by atoms with Gasteiger partial charge in [-0.25, -0.2) is 9.78 Å². The Kier molecular flexibility index (Phi) is 8.18. The van der Waals surface area contributed by atoms with Crippen LogP contribution in [0.1, 0.15) is 99.9 Å². The maximum absolute atomic E-state index is 6.45. The predicted molar refractivity (Wildman–Crippen MR) is 168 cm³/mol. The number of benzene rings is 4. The normalized spacial score (nSPS) is 12.9. The molecular weight excluding hydrogens is 488 g/mol. The monoisotopic (exact) mass is 534 g/mol. The maximum Gasteiger partial charge on any atom is 0.123 e. The van der Waals surface area contributed by atoms with Crippen LogP contribution in [0.2, 0.25) is 0 Å². The molecule has 0 bridgehead atoms. The summed E-state index contributed by atoms with van der Waals surface area (Å²) in [4.78, 5) is 12.9. The van der Waals surface area contributed by atoms with Gasteiger partial charge in [0, 0.05) is 10.8 Å². The molecule has 4 aromatic carbocycles. The average Bonchev–Trinajstić information content (AvgIpc) is 2.92. The first kappa shape index (κ1) is 29.8. The summed E-state index contributed by atoms with van der Waals surface area (Å²) in [5.74, 6) is 0. The molecule has 210 valence electrons. The third-order valence-electron chi connectivity index (χ3n) is 8.44. The zero-order chi connectivity index (χ0) is 29.3. The highest BCUT2D eigenvalue weighted by Crippen LogP contribution is 2.43. The molecule has 0 aliphatic heterocycles. The van der Waals surface area contributed by atoms with Crippen molar-refractivity contribution in [1.82, 2.24) is 0 Å². The molecule has 0 spiro atoms. The lowest BCUT2D eigenvalue weighted by Crippen LogP contribution is -2.34. The fraction of sp³-hybridized carbons (Fsp3) is 0.368. The van der Waals surface area contributed by atoms with Crippen LogP contribution in [0.25, 0.3) is 0 Å². The molecule has 2 heteroatoms. The number of rotatable bonds is 9. The summed E-state index contributed by atoms with van der Waals surface area (Å²) in [6, 6.07) is 34.7. The summed E-state index contributed by atoms with van der Waals surface area (Å²) in [7, 11) is 0. The van der Waals surface area contributed by atoms with Gasteiger partial charge in [0.05, 0.1) is 0 Å². The first-order valence-corrected chi connectivity index (χ1v) is 14.4. The zero-order valence-electron chi connectivity index (χ0n) is 26.1. The van der Waals surface area contributed by atoms with Crippen molar-refractivity contribution in [3.8, 4) is 0 Å². The van der Waals surface area contributed by atoms with Crippen molar-refractivity contribution in [3.05, 3.63) is 142 Å². The summed E-state index contributed by atoms with van der Waals surface area (Å²) in [5.41, 5.74) is 7.94. The summed E-state index contributed by atoms with van der Waals surface area (Å²) in [6.07, 6.45) is 0. The minimum Gasteiger partial charge on any atom is -0.225 e. The van der Waals surface area contributed by atoms with E-state index in [1.54, 1.807) is 0 Å². The Balaban J connectivity index is 1.69. The Morgan fingerprint density at radius 1 is 0.400 bits per heavy atom. The zero-order valence-corrected chi connectivity index (χ0v) is 26.1. The highest BCUT2D eigenvalue weighted by atomic mass is 17.2. The van der Waals surface area contributed by atoms with Crippen LogP contribution in [0, 0.1) is 13.8 Å². The summed E-state index contributed by atoms with van der Waals surface area (Å²) < 4.78 is 0. The van der Waals surface area contributed by atoms with E-state index in [1.807, 2.05) is 0 Å². The van der Waals surface area contributed by atoms with Crippen LogP contribution in [0.4, 0.5) is 0 Å². The molecule has 0 atom stereocenters. The van der Waals surface area contributed by atoms with E-state index in [-0.39, 0.29) is 10.8 Å². The van der Waals surface area contributed by atoms with Gasteiger partial charge in [0.1, 0.15) is 11.2 Å². The molecule has 4 aromatic rings. The molecule has 0 fully saturated rings. The largest absolute Gasteiger partial charge is 0.225 e. The van der Waals surface area contributed by atoms with E-state index >= 15 is 0 Å². The number of aryl methyl sites for hydroxylation is 2. The lowest BCUT2D eigenvalue weighted by Gasteiger charge is -2.38. The smallest absolute Gasteiger partial charge is 0.123 e. The lowest BCUT2D eigenvalue weighted by atomic mass is 9.73. The van der Waals surface area contributed by atoms with Crippen molar-refractivity contribution >= 4 is 0 Å². The van der Waals surface area contributed by atoms with Crippen molar-refractivity contribution in [3.63, 3.8) is 0 Å². The molecule has 0 saturated heterocycles. The highest BCUT2D eigenvalue weighted by molar-refractivity contribution is 5.47. The van der Waals surface area contributed by atoms with Crippen LogP contribution in [0.5, 0.6) is 0 Å². The molecule has 0 aliphatic carbocycles. The summed E-state index contributed by atoms with van der Waals surface area (Å²) in [5, 5.41) is 0. The number of hydrogen-bond acceptors (Lipinski definition) is 2. The molecule has 2 nitrogen and oxygen atoms in total. The summed E-state index contributed by atoms with van der Waals surface area (Å²) in [6.45, 7) is 21.8. The Bertz CT molecular complexity index is 1330. The van der Waals surface area contributed by atoms with Gasteiger partial charge in [0.25, 0.3) is 0 Å². The van der Waals surface area contributed by atoms with Crippen molar-refractivity contribution in [1.29, 1.82) is 0 Å². The molecule has 0 unspecified atom stereocenters. The predicted octanol–water partition coefficient (Wildman–Crippen LogP) is 10.1. The maximum atomic E-state index is 6.45. The topological polar surface area (TPSA) is 18.5 Å².